The number of carbonyl (C=O) groups excluding carboxylic acids is 1. The Morgan fingerprint density at radius 1 is 1.12 bits per heavy atom. The van der Waals surface area contributed by atoms with Gasteiger partial charge in [-0.3, -0.25) is 0 Å². The largest absolute Gasteiger partial charge is 1.00 e. The van der Waals surface area contributed by atoms with Crippen LogP contribution in [0.4, 0.5) is 0 Å². The van der Waals surface area contributed by atoms with E-state index in [-0.39, 0.29) is 28.8 Å². The summed E-state index contributed by atoms with van der Waals surface area (Å²) in [6.07, 6.45) is 4.27. The van der Waals surface area contributed by atoms with E-state index in [1.54, 1.807) is 0 Å². The van der Waals surface area contributed by atoms with Crippen LogP contribution >= 0.6 is 0 Å². The first-order chi connectivity index (χ1) is 7.15. The summed E-state index contributed by atoms with van der Waals surface area (Å²) in [5.74, 6) is -0.925. The molecule has 0 atom stereocenters. The SMILES string of the molecule is CC(C)(C)CCCCCC(=O)[O-].OB(O)O.[Ag+]. The zero-order chi connectivity index (χ0) is 13.2. The van der Waals surface area contributed by atoms with Crippen LogP contribution in [0, 0.1) is 5.41 Å². The topological polar surface area (TPSA) is 101 Å². The molecule has 0 heterocycles. The van der Waals surface area contributed by atoms with Crippen LogP contribution in [0.15, 0.2) is 0 Å². The van der Waals surface area contributed by atoms with Gasteiger partial charge in [0.1, 0.15) is 0 Å². The molecule has 0 aliphatic rings. The molecule has 17 heavy (non-hydrogen) atoms. The van der Waals surface area contributed by atoms with E-state index in [0.717, 1.165) is 19.3 Å². The molecule has 0 aromatic heterocycles. The normalized spacial score (nSPS) is 9.76. The fourth-order valence-electron chi connectivity index (χ4n) is 1.10. The molecule has 7 heteroatoms. The maximum atomic E-state index is 10.0. The molecular formula is C10H22AgBO5. The molecule has 0 saturated heterocycles. The van der Waals surface area contributed by atoms with Gasteiger partial charge in [-0.05, 0) is 24.7 Å². The smallest absolute Gasteiger partial charge is 0.550 e. The summed E-state index contributed by atoms with van der Waals surface area (Å²) < 4.78 is 0. The van der Waals surface area contributed by atoms with Crippen molar-refractivity contribution < 1.29 is 47.4 Å². The Morgan fingerprint density at radius 2 is 1.53 bits per heavy atom. The average Bonchev–Trinajstić information content (AvgIpc) is 1.99. The van der Waals surface area contributed by atoms with Crippen LogP contribution in [0.1, 0.15) is 52.9 Å². The first-order valence-corrected chi connectivity index (χ1v) is 5.39. The standard InChI is InChI=1S/C10H20O2.Ag.BH3O3/c1-10(2,3)8-6-4-5-7-9(11)12;;2-1(3)4/h4-8H2,1-3H3,(H,11,12);;2-4H/q;+1;/p-1. The Labute approximate surface area is 119 Å². The molecule has 0 rings (SSSR count). The summed E-state index contributed by atoms with van der Waals surface area (Å²) in [6, 6.07) is 0. The van der Waals surface area contributed by atoms with E-state index >= 15 is 0 Å². The third kappa shape index (κ3) is 38.6. The van der Waals surface area contributed by atoms with Crippen molar-refractivity contribution >= 4 is 13.3 Å². The third-order valence-corrected chi connectivity index (χ3v) is 1.81. The van der Waals surface area contributed by atoms with Gasteiger partial charge >= 0.3 is 29.7 Å². The number of carboxylic acid groups (broad SMARTS) is 1. The number of hydrogen-bond donors (Lipinski definition) is 3. The monoisotopic (exact) mass is 340 g/mol. The van der Waals surface area contributed by atoms with Gasteiger partial charge < -0.3 is 25.0 Å². The Kier molecular flexibility index (Phi) is 16.6. The Morgan fingerprint density at radius 3 is 1.82 bits per heavy atom. The fourth-order valence-corrected chi connectivity index (χ4v) is 1.10. The van der Waals surface area contributed by atoms with Crippen molar-refractivity contribution in [2.75, 3.05) is 0 Å². The van der Waals surface area contributed by atoms with Crippen LogP contribution in [0.5, 0.6) is 0 Å². The molecular weight excluding hydrogens is 319 g/mol. The number of hydrogen-bond acceptors (Lipinski definition) is 5. The molecule has 0 fully saturated rings. The second-order valence-corrected chi connectivity index (χ2v) is 4.84. The van der Waals surface area contributed by atoms with Crippen LogP contribution in [0.25, 0.3) is 0 Å². The number of rotatable bonds is 5. The quantitative estimate of drug-likeness (QED) is 0.470. The van der Waals surface area contributed by atoms with E-state index in [0.29, 0.717) is 5.41 Å². The van der Waals surface area contributed by atoms with E-state index in [1.165, 1.54) is 6.42 Å². The van der Waals surface area contributed by atoms with E-state index in [1.807, 2.05) is 0 Å². The second-order valence-electron chi connectivity index (χ2n) is 4.84. The minimum absolute atomic E-state index is 0. The molecule has 0 aliphatic heterocycles. The predicted molar refractivity (Wildman–Crippen MR) is 60.0 cm³/mol. The Bertz CT molecular complexity index is 179. The minimum Gasteiger partial charge on any atom is -0.550 e. The minimum atomic E-state index is -2.17. The van der Waals surface area contributed by atoms with Gasteiger partial charge in [-0.1, -0.05) is 33.6 Å². The van der Waals surface area contributed by atoms with E-state index in [9.17, 15) is 9.90 Å². The molecule has 3 N–H and O–H groups in total. The summed E-state index contributed by atoms with van der Waals surface area (Å²) >= 11 is 0. The maximum absolute atomic E-state index is 10.0. The summed E-state index contributed by atoms with van der Waals surface area (Å²) in [6.45, 7) is 6.60. The van der Waals surface area contributed by atoms with E-state index in [2.05, 4.69) is 20.8 Å². The molecule has 106 valence electrons. The molecule has 0 aromatic carbocycles. The van der Waals surface area contributed by atoms with Crippen molar-refractivity contribution in [2.45, 2.75) is 52.9 Å². The molecule has 0 saturated carbocycles. The summed E-state index contributed by atoms with van der Waals surface area (Å²) in [5, 5.41) is 31.5. The van der Waals surface area contributed by atoms with Crippen LogP contribution in [-0.4, -0.2) is 28.4 Å². The summed E-state index contributed by atoms with van der Waals surface area (Å²) in [4.78, 5) is 10.0. The molecule has 0 aromatic rings. The van der Waals surface area contributed by atoms with Crippen LogP contribution in [0.2, 0.25) is 0 Å². The summed E-state index contributed by atoms with van der Waals surface area (Å²) in [7, 11) is -2.17. The van der Waals surface area contributed by atoms with Crippen molar-refractivity contribution in [2.24, 2.45) is 5.41 Å². The zero-order valence-corrected chi connectivity index (χ0v) is 12.1. The van der Waals surface area contributed by atoms with Gasteiger partial charge in [-0.25, -0.2) is 0 Å². The van der Waals surface area contributed by atoms with Gasteiger partial charge in [0.15, 0.2) is 0 Å². The van der Waals surface area contributed by atoms with Gasteiger partial charge in [-0.15, -0.1) is 0 Å². The third-order valence-electron chi connectivity index (χ3n) is 1.81. The van der Waals surface area contributed by atoms with Gasteiger partial charge in [0, 0.05) is 5.97 Å². The summed E-state index contributed by atoms with van der Waals surface area (Å²) in [5.41, 5.74) is 0.376. The number of unbranched alkanes of at least 4 members (excludes halogenated alkanes) is 2. The molecule has 0 amide bonds. The van der Waals surface area contributed by atoms with Gasteiger partial charge in [0.2, 0.25) is 0 Å². The zero-order valence-electron chi connectivity index (χ0n) is 10.6. The van der Waals surface area contributed by atoms with Crippen molar-refractivity contribution in [3.63, 3.8) is 0 Å². The van der Waals surface area contributed by atoms with Crippen molar-refractivity contribution in [3.8, 4) is 0 Å². The predicted octanol–water partition coefficient (Wildman–Crippen LogP) is -0.321. The van der Waals surface area contributed by atoms with E-state index in [4.69, 9.17) is 15.1 Å². The van der Waals surface area contributed by atoms with Crippen molar-refractivity contribution in [1.82, 2.24) is 0 Å². The number of carboxylic acids is 1. The maximum Gasteiger partial charge on any atom is 1.00 e. The van der Waals surface area contributed by atoms with Crippen molar-refractivity contribution in [1.29, 1.82) is 0 Å². The van der Waals surface area contributed by atoms with Crippen LogP contribution in [-0.2, 0) is 27.2 Å². The number of carbonyl (C=O) groups is 1. The van der Waals surface area contributed by atoms with Gasteiger partial charge in [-0.2, -0.15) is 0 Å². The Balaban J connectivity index is -0.000000340. The molecule has 0 bridgehead atoms. The molecule has 5 nitrogen and oxygen atoms in total. The Hall–Kier alpha value is 0.155. The second kappa shape index (κ2) is 12.6. The molecule has 0 aliphatic carbocycles. The first-order valence-electron chi connectivity index (χ1n) is 5.39. The molecule has 0 radical (unpaired) electrons. The molecule has 0 unspecified atom stereocenters. The van der Waals surface area contributed by atoms with Crippen molar-refractivity contribution in [3.05, 3.63) is 0 Å². The van der Waals surface area contributed by atoms with Crippen LogP contribution in [0.3, 0.4) is 0 Å². The fraction of sp³-hybridized carbons (Fsp3) is 0.900. The van der Waals surface area contributed by atoms with Gasteiger partial charge in [0.25, 0.3) is 0 Å². The number of aliphatic carboxylic acids is 1. The van der Waals surface area contributed by atoms with Gasteiger partial charge in [0.05, 0.1) is 0 Å². The molecule has 0 spiro atoms. The van der Waals surface area contributed by atoms with E-state index < -0.39 is 13.3 Å². The average molecular weight is 341 g/mol. The van der Waals surface area contributed by atoms with Crippen LogP contribution < -0.4 is 5.11 Å². The first kappa shape index (κ1) is 22.3.